The van der Waals surface area contributed by atoms with Crippen LogP contribution < -0.4 is 21.2 Å². The number of carbonyl (C=O) groups is 1. The van der Waals surface area contributed by atoms with Crippen LogP contribution in [-0.4, -0.2) is 18.1 Å². The monoisotopic (exact) mass is 423 g/mol. The highest BCUT2D eigenvalue weighted by Crippen LogP contribution is 2.43. The lowest BCUT2D eigenvalue weighted by molar-refractivity contribution is 0.101. The number of para-hydroxylation sites is 1. The Morgan fingerprint density at radius 2 is 1.10 bits per heavy atom. The lowest BCUT2D eigenvalue weighted by atomic mass is 10.1. The zero-order chi connectivity index (χ0) is 21.5. The third kappa shape index (κ3) is 4.40. The summed E-state index contributed by atoms with van der Waals surface area (Å²) in [5, 5.41) is 7.45. The van der Waals surface area contributed by atoms with Gasteiger partial charge in [0.1, 0.15) is 0 Å². The normalized spacial score (nSPS) is 11.0. The molecular formula is C28H26NOP. The molecule has 0 aromatic heterocycles. The first kappa shape index (κ1) is 20.9. The quantitative estimate of drug-likeness (QED) is 0.331. The average Bonchev–Trinajstić information content (AvgIpc) is 2.84. The zero-order valence-electron chi connectivity index (χ0n) is 17.6. The molecule has 0 saturated heterocycles. The molecule has 0 fully saturated rings. The van der Waals surface area contributed by atoms with E-state index in [0.717, 1.165) is 11.3 Å². The Labute approximate surface area is 184 Å². The van der Waals surface area contributed by atoms with E-state index in [-0.39, 0.29) is 5.78 Å². The lowest BCUT2D eigenvalue weighted by Gasteiger charge is -2.29. The first-order valence-electron chi connectivity index (χ1n) is 10.5. The van der Waals surface area contributed by atoms with E-state index in [1.54, 1.807) is 6.92 Å². The van der Waals surface area contributed by atoms with Crippen LogP contribution in [-0.2, 0) is 0 Å². The number of hydrogen-bond acceptors (Lipinski definition) is 2. The van der Waals surface area contributed by atoms with Crippen molar-refractivity contribution in [1.82, 2.24) is 0 Å². The Morgan fingerprint density at radius 1 is 0.677 bits per heavy atom. The molecule has 2 nitrogen and oxygen atoms in total. The van der Waals surface area contributed by atoms with Gasteiger partial charge in [0.25, 0.3) is 0 Å². The Morgan fingerprint density at radius 3 is 1.55 bits per heavy atom. The van der Waals surface area contributed by atoms with Crippen molar-refractivity contribution in [3.8, 4) is 0 Å². The molecule has 0 aliphatic heterocycles. The number of carbonyl (C=O) groups excluding carboxylic acids is 1. The van der Waals surface area contributed by atoms with Gasteiger partial charge in [0, 0.05) is 17.8 Å². The first-order chi connectivity index (χ1) is 15.2. The van der Waals surface area contributed by atoms with Gasteiger partial charge in [-0.1, -0.05) is 109 Å². The molecule has 0 aliphatic rings. The zero-order valence-corrected chi connectivity index (χ0v) is 18.5. The Bertz CT molecular complexity index is 1100. The van der Waals surface area contributed by atoms with E-state index in [1.807, 2.05) is 24.3 Å². The number of hydrogen-bond donors (Lipinski definition) is 1. The van der Waals surface area contributed by atoms with E-state index in [0.29, 0.717) is 6.54 Å². The van der Waals surface area contributed by atoms with E-state index in [1.165, 1.54) is 15.9 Å². The predicted molar refractivity (Wildman–Crippen MR) is 136 cm³/mol. The summed E-state index contributed by atoms with van der Waals surface area (Å²) in [5.41, 5.74) is 1.59. The minimum absolute atomic E-state index is 0.0679. The standard InChI is InChI=1S/C28H26NOP/c1-23(30)27-19-11-12-20-28(27)29-21-22-31(24-13-5-2-6-14-24,25-15-7-3-8-16-25)26-17-9-4-10-18-26/h2-20,22,29H,21H2,1H3. The molecule has 1 N–H and O–H groups in total. The highest BCUT2D eigenvalue weighted by molar-refractivity contribution is 7.94. The van der Waals surface area contributed by atoms with Gasteiger partial charge in [0.05, 0.1) is 0 Å². The van der Waals surface area contributed by atoms with E-state index in [9.17, 15) is 4.79 Å². The molecule has 0 spiro atoms. The SMILES string of the molecule is CC(=O)c1ccccc1NCC=P(c1ccccc1)(c1ccccc1)c1ccccc1. The number of nitrogens with one attached hydrogen (secondary N) is 1. The third-order valence-corrected chi connectivity index (χ3v) is 9.52. The number of ketones is 1. The van der Waals surface area contributed by atoms with Gasteiger partial charge >= 0.3 is 0 Å². The molecule has 0 saturated carbocycles. The summed E-state index contributed by atoms with van der Waals surface area (Å²) in [6, 6.07) is 40.0. The maximum absolute atomic E-state index is 12.0. The van der Waals surface area contributed by atoms with Crippen LogP contribution in [0.3, 0.4) is 0 Å². The van der Waals surface area contributed by atoms with Gasteiger partial charge in [-0.15, -0.1) is 0 Å². The Hall–Kier alpha value is -3.35. The number of Topliss-reactive ketones (excluding diaryl/α,β-unsaturated/α-hetero) is 1. The van der Waals surface area contributed by atoms with Gasteiger partial charge in [-0.25, -0.2) is 0 Å². The summed E-state index contributed by atoms with van der Waals surface area (Å²) in [4.78, 5) is 12.0. The minimum atomic E-state index is -2.00. The molecule has 4 aromatic rings. The topological polar surface area (TPSA) is 29.1 Å². The molecule has 0 atom stereocenters. The fourth-order valence-electron chi connectivity index (χ4n) is 3.99. The number of benzene rings is 4. The molecule has 4 aromatic carbocycles. The largest absolute Gasteiger partial charge is 0.381 e. The fourth-order valence-corrected chi connectivity index (χ4v) is 7.81. The molecule has 0 radical (unpaired) electrons. The van der Waals surface area contributed by atoms with Crippen LogP contribution in [0.1, 0.15) is 17.3 Å². The highest BCUT2D eigenvalue weighted by atomic mass is 31.2. The molecule has 0 amide bonds. The van der Waals surface area contributed by atoms with Crippen LogP contribution in [0.4, 0.5) is 5.69 Å². The van der Waals surface area contributed by atoms with Crippen LogP contribution in [0.15, 0.2) is 115 Å². The van der Waals surface area contributed by atoms with Crippen molar-refractivity contribution in [3.63, 3.8) is 0 Å². The van der Waals surface area contributed by atoms with Gasteiger partial charge in [-0.05, 0) is 41.9 Å². The van der Waals surface area contributed by atoms with Crippen molar-refractivity contribution >= 4 is 40.1 Å². The van der Waals surface area contributed by atoms with E-state index in [2.05, 4.69) is 102 Å². The van der Waals surface area contributed by atoms with E-state index < -0.39 is 6.89 Å². The highest BCUT2D eigenvalue weighted by Gasteiger charge is 2.24. The third-order valence-electron chi connectivity index (χ3n) is 5.45. The molecule has 0 heterocycles. The van der Waals surface area contributed by atoms with Gasteiger partial charge in [-0.2, -0.15) is 0 Å². The van der Waals surface area contributed by atoms with Crippen LogP contribution in [0, 0.1) is 0 Å². The number of rotatable bonds is 7. The maximum atomic E-state index is 12.0. The van der Waals surface area contributed by atoms with E-state index >= 15 is 0 Å². The van der Waals surface area contributed by atoms with Crippen molar-refractivity contribution < 1.29 is 4.79 Å². The van der Waals surface area contributed by atoms with Crippen LogP contribution >= 0.6 is 6.89 Å². The van der Waals surface area contributed by atoms with Gasteiger partial charge in [0.2, 0.25) is 0 Å². The van der Waals surface area contributed by atoms with Crippen molar-refractivity contribution in [2.24, 2.45) is 0 Å². The van der Waals surface area contributed by atoms with Gasteiger partial charge < -0.3 is 5.32 Å². The minimum Gasteiger partial charge on any atom is -0.381 e. The van der Waals surface area contributed by atoms with Crippen molar-refractivity contribution in [1.29, 1.82) is 0 Å². The summed E-state index contributed by atoms with van der Waals surface area (Å²) in [6.07, 6.45) is 0. The first-order valence-corrected chi connectivity index (χ1v) is 12.3. The summed E-state index contributed by atoms with van der Waals surface area (Å²) in [7, 11) is 0. The second kappa shape index (κ2) is 9.64. The van der Waals surface area contributed by atoms with Crippen molar-refractivity contribution in [3.05, 3.63) is 121 Å². The Balaban J connectivity index is 1.88. The van der Waals surface area contributed by atoms with Crippen LogP contribution in [0.2, 0.25) is 0 Å². The molecule has 0 aliphatic carbocycles. The van der Waals surface area contributed by atoms with Gasteiger partial charge in [-0.3, -0.25) is 4.79 Å². The van der Waals surface area contributed by atoms with Crippen LogP contribution in [0.25, 0.3) is 0 Å². The smallest absolute Gasteiger partial charge is 0.161 e. The predicted octanol–water partition coefficient (Wildman–Crippen LogP) is 5.10. The molecule has 31 heavy (non-hydrogen) atoms. The van der Waals surface area contributed by atoms with Crippen molar-refractivity contribution in [2.45, 2.75) is 6.92 Å². The molecule has 154 valence electrons. The summed E-state index contributed by atoms with van der Waals surface area (Å²) < 4.78 is 0. The van der Waals surface area contributed by atoms with Gasteiger partial charge in [0.15, 0.2) is 5.78 Å². The maximum Gasteiger partial charge on any atom is 0.161 e. The second-order valence-electron chi connectivity index (χ2n) is 7.39. The Kier molecular flexibility index (Phi) is 6.50. The summed E-state index contributed by atoms with van der Waals surface area (Å²) >= 11 is 0. The average molecular weight is 423 g/mol. The molecule has 0 unspecified atom stereocenters. The molecular weight excluding hydrogens is 397 g/mol. The summed E-state index contributed by atoms with van der Waals surface area (Å²) in [6.45, 7) is 0.259. The molecule has 4 rings (SSSR count). The fraction of sp³-hybridized carbons (Fsp3) is 0.0714. The van der Waals surface area contributed by atoms with Crippen LogP contribution in [0.5, 0.6) is 0 Å². The lowest BCUT2D eigenvalue weighted by Crippen LogP contribution is -2.28. The summed E-state index contributed by atoms with van der Waals surface area (Å²) in [5.74, 6) is 2.49. The van der Waals surface area contributed by atoms with Crippen molar-refractivity contribution in [2.75, 3.05) is 11.9 Å². The number of anilines is 1. The molecule has 0 bridgehead atoms. The second-order valence-corrected chi connectivity index (χ2v) is 10.8. The molecule has 3 heteroatoms. The van der Waals surface area contributed by atoms with E-state index in [4.69, 9.17) is 0 Å².